The predicted octanol–water partition coefficient (Wildman–Crippen LogP) is 0.644. The highest BCUT2D eigenvalue weighted by molar-refractivity contribution is 5.88. The molecule has 0 aliphatic rings. The molecule has 3 aromatic heterocycles. The van der Waals surface area contributed by atoms with Crippen LogP contribution in [0.3, 0.4) is 0 Å². The Bertz CT molecular complexity index is 694. The molecule has 0 aliphatic carbocycles. The van der Waals surface area contributed by atoms with Gasteiger partial charge in [-0.2, -0.15) is 10.1 Å². The van der Waals surface area contributed by atoms with E-state index in [0.717, 1.165) is 22.5 Å². The predicted molar refractivity (Wildman–Crippen MR) is 63.0 cm³/mol. The van der Waals surface area contributed by atoms with Crippen LogP contribution in [0.15, 0.2) is 12.5 Å². The van der Waals surface area contributed by atoms with E-state index in [1.807, 2.05) is 14.0 Å². The van der Waals surface area contributed by atoms with Crippen molar-refractivity contribution in [3.63, 3.8) is 0 Å². The summed E-state index contributed by atoms with van der Waals surface area (Å²) in [4.78, 5) is 15.4. The largest absolute Gasteiger partial charge is 0.368 e. The van der Waals surface area contributed by atoms with Crippen molar-refractivity contribution in [2.75, 3.05) is 5.73 Å². The Morgan fingerprint density at radius 3 is 2.88 bits per heavy atom. The summed E-state index contributed by atoms with van der Waals surface area (Å²) in [6.07, 6.45) is 3.34. The van der Waals surface area contributed by atoms with Crippen LogP contribution in [-0.2, 0) is 7.05 Å². The second-order valence-corrected chi connectivity index (χ2v) is 3.80. The number of imidazole rings is 1. The van der Waals surface area contributed by atoms with E-state index in [-0.39, 0.29) is 5.95 Å². The summed E-state index contributed by atoms with van der Waals surface area (Å²) < 4.78 is 1.79. The number of fused-ring (bicyclic) bond motifs is 1. The summed E-state index contributed by atoms with van der Waals surface area (Å²) in [7, 11) is 1.88. The normalized spacial score (nSPS) is 11.2. The van der Waals surface area contributed by atoms with Gasteiger partial charge in [0.05, 0.1) is 12.5 Å². The summed E-state index contributed by atoms with van der Waals surface area (Å²) in [6.45, 7) is 1.98. The lowest BCUT2D eigenvalue weighted by Crippen LogP contribution is -1.99. The van der Waals surface area contributed by atoms with Crippen LogP contribution in [0, 0.1) is 6.92 Å². The van der Waals surface area contributed by atoms with Gasteiger partial charge in [0, 0.05) is 18.3 Å². The van der Waals surface area contributed by atoms with Gasteiger partial charge in [-0.05, 0) is 6.92 Å². The first-order valence-electron chi connectivity index (χ1n) is 5.12. The average molecular weight is 229 g/mol. The molecule has 3 N–H and O–H groups in total. The fraction of sp³-hybridized carbons (Fsp3) is 0.200. The second-order valence-electron chi connectivity index (χ2n) is 3.80. The van der Waals surface area contributed by atoms with Crippen LogP contribution in [0.4, 0.5) is 5.95 Å². The molecule has 86 valence electrons. The summed E-state index contributed by atoms with van der Waals surface area (Å²) >= 11 is 0. The molecule has 0 bridgehead atoms. The van der Waals surface area contributed by atoms with Gasteiger partial charge in [-0.15, -0.1) is 0 Å². The number of rotatable bonds is 1. The number of hydrogen-bond donors (Lipinski definition) is 2. The number of nitrogen functional groups attached to an aromatic ring is 1. The molecule has 7 nitrogen and oxygen atoms in total. The molecule has 3 heterocycles. The number of nitrogens with two attached hydrogens (primary N) is 1. The standard InChI is InChI=1S/C10H11N7/c1-5-6(3-14-17(5)2)7-8-9(13-4-12-8)16-10(11)15-7/h3-4H,1-2H3,(H3,11,12,13,15,16). The first-order valence-corrected chi connectivity index (χ1v) is 5.12. The maximum absolute atomic E-state index is 5.67. The van der Waals surface area contributed by atoms with Crippen molar-refractivity contribution in [3.05, 3.63) is 18.2 Å². The minimum absolute atomic E-state index is 0.211. The van der Waals surface area contributed by atoms with Crippen LogP contribution in [0.25, 0.3) is 22.4 Å². The van der Waals surface area contributed by atoms with Gasteiger partial charge in [0.25, 0.3) is 0 Å². The first-order chi connectivity index (χ1) is 8.16. The van der Waals surface area contributed by atoms with Gasteiger partial charge < -0.3 is 10.7 Å². The molecule has 3 rings (SSSR count). The molecule has 0 aliphatic heterocycles. The van der Waals surface area contributed by atoms with Crippen LogP contribution in [0.1, 0.15) is 5.69 Å². The molecule has 0 amide bonds. The van der Waals surface area contributed by atoms with Crippen molar-refractivity contribution in [1.29, 1.82) is 0 Å². The molecular formula is C10H11N7. The zero-order valence-electron chi connectivity index (χ0n) is 9.47. The average Bonchev–Trinajstić information content (AvgIpc) is 2.87. The molecule has 0 saturated heterocycles. The van der Waals surface area contributed by atoms with Crippen LogP contribution < -0.4 is 5.73 Å². The molecule has 7 heteroatoms. The molecule has 0 fully saturated rings. The highest BCUT2D eigenvalue weighted by Gasteiger charge is 2.14. The Balaban J connectivity index is 2.36. The third-order valence-corrected chi connectivity index (χ3v) is 2.79. The van der Waals surface area contributed by atoms with Crippen molar-refractivity contribution < 1.29 is 0 Å². The van der Waals surface area contributed by atoms with Crippen molar-refractivity contribution in [3.8, 4) is 11.3 Å². The number of aromatic amines is 1. The number of H-pyrrole nitrogens is 1. The molecule has 0 radical (unpaired) electrons. The molecule has 0 aromatic carbocycles. The van der Waals surface area contributed by atoms with Gasteiger partial charge in [0.2, 0.25) is 5.95 Å². The highest BCUT2D eigenvalue weighted by atomic mass is 15.3. The fourth-order valence-corrected chi connectivity index (χ4v) is 1.78. The lowest BCUT2D eigenvalue weighted by atomic mass is 10.1. The summed E-state index contributed by atoms with van der Waals surface area (Å²) in [5, 5.41) is 4.19. The number of aromatic nitrogens is 6. The van der Waals surface area contributed by atoms with Gasteiger partial charge in [-0.3, -0.25) is 4.68 Å². The molecule has 0 atom stereocenters. The second kappa shape index (κ2) is 3.27. The third kappa shape index (κ3) is 1.36. The minimum Gasteiger partial charge on any atom is -0.368 e. The van der Waals surface area contributed by atoms with E-state index in [9.17, 15) is 0 Å². The van der Waals surface area contributed by atoms with Crippen LogP contribution >= 0.6 is 0 Å². The van der Waals surface area contributed by atoms with E-state index in [1.54, 1.807) is 17.2 Å². The van der Waals surface area contributed by atoms with E-state index >= 15 is 0 Å². The number of hydrogen-bond acceptors (Lipinski definition) is 5. The quantitative estimate of drug-likeness (QED) is 0.638. The van der Waals surface area contributed by atoms with Crippen molar-refractivity contribution in [2.24, 2.45) is 7.05 Å². The van der Waals surface area contributed by atoms with Gasteiger partial charge >= 0.3 is 0 Å². The Morgan fingerprint density at radius 2 is 2.18 bits per heavy atom. The van der Waals surface area contributed by atoms with Gasteiger partial charge in [0.1, 0.15) is 11.2 Å². The Hall–Kier alpha value is -2.44. The zero-order valence-corrected chi connectivity index (χ0v) is 9.47. The third-order valence-electron chi connectivity index (χ3n) is 2.79. The van der Waals surface area contributed by atoms with E-state index in [0.29, 0.717) is 5.65 Å². The Morgan fingerprint density at radius 1 is 1.35 bits per heavy atom. The van der Waals surface area contributed by atoms with E-state index in [1.165, 1.54) is 0 Å². The van der Waals surface area contributed by atoms with E-state index < -0.39 is 0 Å². The van der Waals surface area contributed by atoms with Crippen molar-refractivity contribution in [2.45, 2.75) is 6.92 Å². The first kappa shape index (κ1) is 9.76. The van der Waals surface area contributed by atoms with Gasteiger partial charge in [-0.1, -0.05) is 0 Å². The van der Waals surface area contributed by atoms with Crippen LogP contribution in [-0.4, -0.2) is 29.7 Å². The SMILES string of the molecule is Cc1c(-c2nc(N)nc3nc[nH]c23)cnn1C. The van der Waals surface area contributed by atoms with Crippen LogP contribution in [0.2, 0.25) is 0 Å². The van der Waals surface area contributed by atoms with Crippen molar-refractivity contribution >= 4 is 17.1 Å². The number of aryl methyl sites for hydroxylation is 1. The minimum atomic E-state index is 0.211. The molecule has 0 unspecified atom stereocenters. The van der Waals surface area contributed by atoms with Crippen molar-refractivity contribution in [1.82, 2.24) is 29.7 Å². The molecule has 3 aromatic rings. The molecular weight excluding hydrogens is 218 g/mol. The number of nitrogens with zero attached hydrogens (tertiary/aromatic N) is 5. The molecule has 0 saturated carbocycles. The maximum Gasteiger partial charge on any atom is 0.222 e. The summed E-state index contributed by atoms with van der Waals surface area (Å²) in [5.41, 5.74) is 9.69. The number of nitrogens with one attached hydrogen (secondary N) is 1. The van der Waals surface area contributed by atoms with Gasteiger partial charge in [-0.25, -0.2) is 9.97 Å². The monoisotopic (exact) mass is 229 g/mol. The smallest absolute Gasteiger partial charge is 0.222 e. The fourth-order valence-electron chi connectivity index (χ4n) is 1.78. The zero-order chi connectivity index (χ0) is 12.0. The Labute approximate surface area is 96.7 Å². The van der Waals surface area contributed by atoms with E-state index in [4.69, 9.17) is 5.73 Å². The summed E-state index contributed by atoms with van der Waals surface area (Å²) in [5.74, 6) is 0.211. The highest BCUT2D eigenvalue weighted by Crippen LogP contribution is 2.26. The lowest BCUT2D eigenvalue weighted by molar-refractivity contribution is 0.740. The topological polar surface area (TPSA) is 98.3 Å². The molecule has 0 spiro atoms. The Kier molecular flexibility index (Phi) is 1.88. The van der Waals surface area contributed by atoms with Gasteiger partial charge in [0.15, 0.2) is 5.65 Å². The summed E-state index contributed by atoms with van der Waals surface area (Å²) in [6, 6.07) is 0. The molecule has 17 heavy (non-hydrogen) atoms. The van der Waals surface area contributed by atoms with E-state index in [2.05, 4.69) is 25.0 Å². The van der Waals surface area contributed by atoms with Crippen LogP contribution in [0.5, 0.6) is 0 Å². The number of anilines is 1. The maximum atomic E-state index is 5.67. The lowest BCUT2D eigenvalue weighted by Gasteiger charge is -2.02.